The van der Waals surface area contributed by atoms with Crippen LogP contribution in [0.2, 0.25) is 0 Å². The third kappa shape index (κ3) is 4.31. The van der Waals surface area contributed by atoms with E-state index in [4.69, 9.17) is 10.7 Å². The molecule has 1 atom stereocenters. The van der Waals surface area contributed by atoms with E-state index in [1.807, 2.05) is 86.6 Å². The number of aryl methyl sites for hydroxylation is 3. The van der Waals surface area contributed by atoms with E-state index in [1.54, 1.807) is 16.8 Å². The maximum absolute atomic E-state index is 13.5. The highest BCUT2D eigenvalue weighted by Gasteiger charge is 2.25. The average Bonchev–Trinajstić information content (AvgIpc) is 2.90. The number of hydrogen-bond acceptors (Lipinski definition) is 4. The molecule has 0 aliphatic heterocycles. The van der Waals surface area contributed by atoms with Gasteiger partial charge in [-0.15, -0.1) is 0 Å². The highest BCUT2D eigenvalue weighted by Crippen LogP contribution is 2.18. The molecular weight excluding hydrogens is 450 g/mol. The van der Waals surface area contributed by atoms with Crippen molar-refractivity contribution in [1.29, 1.82) is 0 Å². The third-order valence-corrected chi connectivity index (χ3v) is 6.53. The number of amides is 1. The van der Waals surface area contributed by atoms with Crippen molar-refractivity contribution in [1.82, 2.24) is 14.7 Å². The van der Waals surface area contributed by atoms with Crippen molar-refractivity contribution in [3.8, 4) is 0 Å². The lowest BCUT2D eigenvalue weighted by Gasteiger charge is -2.16. The predicted octanol–water partition coefficient (Wildman–Crippen LogP) is 3.76. The second-order valence-corrected chi connectivity index (χ2v) is 8.98. The molecule has 2 aromatic carbocycles. The number of nitrogens with zero attached hydrogens (tertiary/aromatic N) is 3. The van der Waals surface area contributed by atoms with E-state index in [2.05, 4.69) is 5.32 Å². The van der Waals surface area contributed by atoms with Gasteiger partial charge in [0.15, 0.2) is 0 Å². The number of benzene rings is 2. The average molecular weight is 479 g/mol. The van der Waals surface area contributed by atoms with E-state index in [-0.39, 0.29) is 28.9 Å². The normalized spacial score (nSPS) is 12.1. The molecule has 5 aromatic rings. The van der Waals surface area contributed by atoms with Gasteiger partial charge in [0.1, 0.15) is 10.9 Å². The molecule has 1 amide bonds. The third-order valence-electron chi connectivity index (χ3n) is 6.53. The number of anilines is 1. The minimum atomic E-state index is -0.340. The zero-order valence-electron chi connectivity index (χ0n) is 20.3. The number of fused-ring (bicyclic) bond motifs is 2. The van der Waals surface area contributed by atoms with Gasteiger partial charge in [0.2, 0.25) is 11.5 Å². The summed E-state index contributed by atoms with van der Waals surface area (Å²) in [6.45, 7) is 4.30. The Hall–Kier alpha value is -4.52. The number of carbonyl (C=O) groups excluding carboxylic acids is 1. The summed E-state index contributed by atoms with van der Waals surface area (Å²) in [7, 11) is 0. The summed E-state index contributed by atoms with van der Waals surface area (Å²) >= 11 is 0. The molecule has 0 saturated heterocycles. The molecule has 7 nitrogen and oxygen atoms in total. The minimum Gasteiger partial charge on any atom is -0.345 e. The van der Waals surface area contributed by atoms with Crippen LogP contribution >= 0.6 is 0 Å². The van der Waals surface area contributed by atoms with Crippen LogP contribution in [0.5, 0.6) is 0 Å². The topological polar surface area (TPSA) is 93.4 Å². The standard InChI is InChI=1S/C29H27N5O2/c1-19-10-9-16-34-26(19)32-27-24(29(34)36)18-23(28(35)31-20(2)22-13-7-4-8-14-22)25(30)33(27)17-15-21-11-5-3-6-12-21/h3-14,16,18,20,30H,15,17H2,1-2H3,(H,31,35)/p+1/t20-/m1/s1. The quantitative estimate of drug-likeness (QED) is 0.287. The van der Waals surface area contributed by atoms with Crippen LogP contribution in [-0.2, 0) is 13.0 Å². The van der Waals surface area contributed by atoms with Gasteiger partial charge < -0.3 is 11.1 Å². The Morgan fingerprint density at radius 3 is 2.47 bits per heavy atom. The summed E-state index contributed by atoms with van der Waals surface area (Å²) in [4.78, 5) is 31.8. The molecule has 3 aromatic heterocycles. The first-order valence-electron chi connectivity index (χ1n) is 12.0. The number of rotatable bonds is 6. The fourth-order valence-electron chi connectivity index (χ4n) is 4.50. The van der Waals surface area contributed by atoms with Crippen LogP contribution in [0.15, 0.2) is 89.9 Å². The molecule has 0 radical (unpaired) electrons. The van der Waals surface area contributed by atoms with E-state index in [0.717, 1.165) is 16.7 Å². The number of nitrogen functional groups attached to an aromatic ring is 1. The Kier molecular flexibility index (Phi) is 6.21. The summed E-state index contributed by atoms with van der Waals surface area (Å²) in [5.74, 6) is -0.0611. The van der Waals surface area contributed by atoms with E-state index in [0.29, 0.717) is 29.6 Å². The zero-order valence-corrected chi connectivity index (χ0v) is 20.3. The van der Waals surface area contributed by atoms with Gasteiger partial charge in [0, 0.05) is 18.2 Å². The highest BCUT2D eigenvalue weighted by molar-refractivity contribution is 6.00. The molecular formula is C29H28N5O2+. The number of nitrogens with one attached hydrogen (secondary N) is 1. The van der Waals surface area contributed by atoms with E-state index in [9.17, 15) is 9.59 Å². The molecule has 0 aliphatic rings. The Labute approximate surface area is 208 Å². The van der Waals surface area contributed by atoms with Gasteiger partial charge >= 0.3 is 0 Å². The first-order chi connectivity index (χ1) is 17.4. The van der Waals surface area contributed by atoms with E-state index < -0.39 is 0 Å². The van der Waals surface area contributed by atoms with E-state index >= 15 is 0 Å². The van der Waals surface area contributed by atoms with Crippen LogP contribution in [0.3, 0.4) is 0 Å². The SMILES string of the molecule is Cc1cccn2c(=O)c3cc(C(=O)N[C@H](C)c4ccccc4)c(N)[n+](CCc4ccccc4)c3nc12. The van der Waals surface area contributed by atoms with Gasteiger partial charge in [-0.25, -0.2) is 4.57 Å². The maximum Gasteiger partial charge on any atom is 0.278 e. The second kappa shape index (κ2) is 9.62. The van der Waals surface area contributed by atoms with Crippen LogP contribution in [0.1, 0.15) is 40.0 Å². The number of carbonyl (C=O) groups is 1. The van der Waals surface area contributed by atoms with Crippen LogP contribution in [0, 0.1) is 6.92 Å². The smallest absolute Gasteiger partial charge is 0.278 e. The monoisotopic (exact) mass is 478 g/mol. The molecule has 3 N–H and O–H groups in total. The van der Waals surface area contributed by atoms with Gasteiger partial charge in [0.05, 0.1) is 12.6 Å². The molecule has 0 bridgehead atoms. The van der Waals surface area contributed by atoms with Crippen molar-refractivity contribution in [2.45, 2.75) is 32.9 Å². The number of hydrogen-bond donors (Lipinski definition) is 2. The molecule has 0 fully saturated rings. The molecule has 3 heterocycles. The molecule has 5 rings (SSSR count). The van der Waals surface area contributed by atoms with Crippen molar-refractivity contribution in [3.63, 3.8) is 0 Å². The fraction of sp³-hybridized carbons (Fsp3) is 0.172. The van der Waals surface area contributed by atoms with Crippen molar-refractivity contribution in [2.24, 2.45) is 0 Å². The molecule has 0 unspecified atom stereocenters. The van der Waals surface area contributed by atoms with Crippen molar-refractivity contribution >= 4 is 28.4 Å². The van der Waals surface area contributed by atoms with Gasteiger partial charge in [-0.2, -0.15) is 0 Å². The number of nitrogens with two attached hydrogens (primary N) is 1. The minimum absolute atomic E-state index is 0.231. The van der Waals surface area contributed by atoms with Gasteiger partial charge in [-0.1, -0.05) is 71.7 Å². The molecule has 0 aliphatic carbocycles. The van der Waals surface area contributed by atoms with Crippen LogP contribution in [-0.4, -0.2) is 15.3 Å². The molecule has 0 spiro atoms. The zero-order chi connectivity index (χ0) is 25.2. The predicted molar refractivity (Wildman–Crippen MR) is 141 cm³/mol. The van der Waals surface area contributed by atoms with Gasteiger partial charge in [-0.3, -0.25) is 14.0 Å². The summed E-state index contributed by atoms with van der Waals surface area (Å²) in [6, 6.07) is 24.8. The van der Waals surface area contributed by atoms with Crippen molar-refractivity contribution < 1.29 is 9.36 Å². The van der Waals surface area contributed by atoms with Gasteiger partial charge in [0.25, 0.3) is 17.1 Å². The Morgan fingerprint density at radius 2 is 1.75 bits per heavy atom. The Morgan fingerprint density at radius 1 is 1.06 bits per heavy atom. The van der Waals surface area contributed by atoms with Crippen molar-refractivity contribution in [3.05, 3.63) is 118 Å². The van der Waals surface area contributed by atoms with Crippen LogP contribution in [0.4, 0.5) is 5.82 Å². The van der Waals surface area contributed by atoms with Crippen molar-refractivity contribution in [2.75, 3.05) is 5.73 Å². The lowest BCUT2D eigenvalue weighted by atomic mass is 10.1. The Bertz CT molecular complexity index is 1630. The first-order valence-corrected chi connectivity index (χ1v) is 12.0. The molecule has 0 saturated carbocycles. The Balaban J connectivity index is 1.65. The second-order valence-electron chi connectivity index (χ2n) is 8.98. The lowest BCUT2D eigenvalue weighted by molar-refractivity contribution is -0.658. The van der Waals surface area contributed by atoms with Gasteiger partial charge in [-0.05, 0) is 37.1 Å². The highest BCUT2D eigenvalue weighted by atomic mass is 16.2. The summed E-state index contributed by atoms with van der Waals surface area (Å²) < 4.78 is 3.31. The van der Waals surface area contributed by atoms with Crippen LogP contribution in [0.25, 0.3) is 16.7 Å². The van der Waals surface area contributed by atoms with Crippen LogP contribution < -0.4 is 21.2 Å². The largest absolute Gasteiger partial charge is 0.345 e. The number of pyridine rings is 2. The molecule has 180 valence electrons. The summed E-state index contributed by atoms with van der Waals surface area (Å²) in [5, 5.41) is 3.37. The number of aromatic nitrogens is 3. The molecule has 36 heavy (non-hydrogen) atoms. The van der Waals surface area contributed by atoms with E-state index in [1.165, 1.54) is 4.40 Å². The summed E-state index contributed by atoms with van der Waals surface area (Å²) in [5.41, 5.74) is 10.6. The summed E-state index contributed by atoms with van der Waals surface area (Å²) in [6.07, 6.45) is 2.37. The maximum atomic E-state index is 13.5. The molecule has 7 heteroatoms. The first kappa shape index (κ1) is 23.2. The fourth-order valence-corrected chi connectivity index (χ4v) is 4.50. The lowest BCUT2D eigenvalue weighted by Crippen LogP contribution is -2.43.